The summed E-state index contributed by atoms with van der Waals surface area (Å²) in [6, 6.07) is 11.1. The zero-order valence-corrected chi connectivity index (χ0v) is 13.2. The highest BCUT2D eigenvalue weighted by Gasteiger charge is 2.21. The largest absolute Gasteiger partial charge is 0.369 e. The monoisotopic (exact) mass is 306 g/mol. The fourth-order valence-corrected chi connectivity index (χ4v) is 3.33. The number of anilines is 1. The van der Waals surface area contributed by atoms with Crippen molar-refractivity contribution in [2.45, 2.75) is 32.0 Å². The van der Waals surface area contributed by atoms with Crippen LogP contribution in [-0.4, -0.2) is 13.1 Å². The fourth-order valence-electron chi connectivity index (χ4n) is 2.34. The van der Waals surface area contributed by atoms with Crippen molar-refractivity contribution in [3.05, 3.63) is 51.2 Å². The van der Waals surface area contributed by atoms with Crippen LogP contribution in [0.2, 0.25) is 5.02 Å². The molecule has 4 heteroatoms. The molecule has 0 saturated heterocycles. The van der Waals surface area contributed by atoms with Crippen molar-refractivity contribution in [1.82, 2.24) is 5.32 Å². The van der Waals surface area contributed by atoms with Crippen molar-refractivity contribution in [2.24, 2.45) is 0 Å². The van der Waals surface area contributed by atoms with Crippen LogP contribution in [0.15, 0.2) is 35.7 Å². The molecular formula is C16H19ClN2S. The molecule has 2 aromatic rings. The molecule has 1 N–H and O–H groups in total. The smallest absolute Gasteiger partial charge is 0.0519 e. The molecule has 1 saturated carbocycles. The lowest BCUT2D eigenvalue weighted by molar-refractivity contribution is 0.686. The third-order valence-electron chi connectivity index (χ3n) is 3.62. The number of benzene rings is 1. The standard InChI is InChI=1S/C16H19ClN2S/c1-19(11-13-4-3-9-20-13)16-6-2-5-15(17)14(16)10-18-12-7-8-12/h2-6,9,12,18H,7-8,10-11H2,1H3. The number of hydrogen-bond acceptors (Lipinski definition) is 3. The van der Waals surface area contributed by atoms with Gasteiger partial charge in [0.1, 0.15) is 0 Å². The van der Waals surface area contributed by atoms with Gasteiger partial charge in [0.05, 0.1) is 6.54 Å². The number of nitrogens with zero attached hydrogens (tertiary/aromatic N) is 1. The summed E-state index contributed by atoms with van der Waals surface area (Å²) in [6.07, 6.45) is 2.59. The Bertz CT molecular complexity index is 564. The second kappa shape index (κ2) is 6.17. The SMILES string of the molecule is CN(Cc1cccs1)c1cccc(Cl)c1CNC1CC1. The Balaban J connectivity index is 1.77. The van der Waals surface area contributed by atoms with Crippen molar-refractivity contribution < 1.29 is 0 Å². The number of halogens is 1. The van der Waals surface area contributed by atoms with E-state index < -0.39 is 0 Å². The lowest BCUT2D eigenvalue weighted by Gasteiger charge is -2.23. The Morgan fingerprint density at radius 1 is 1.30 bits per heavy atom. The van der Waals surface area contributed by atoms with Gasteiger partial charge in [0, 0.05) is 40.8 Å². The zero-order valence-electron chi connectivity index (χ0n) is 11.6. The second-order valence-corrected chi connectivity index (χ2v) is 6.77. The van der Waals surface area contributed by atoms with Gasteiger partial charge in [-0.25, -0.2) is 0 Å². The van der Waals surface area contributed by atoms with Gasteiger partial charge in [-0.1, -0.05) is 23.7 Å². The summed E-state index contributed by atoms with van der Waals surface area (Å²) in [5.74, 6) is 0. The lowest BCUT2D eigenvalue weighted by Crippen LogP contribution is -2.21. The average Bonchev–Trinajstić information content (AvgIpc) is 3.13. The summed E-state index contributed by atoms with van der Waals surface area (Å²) in [5.41, 5.74) is 2.43. The third-order valence-corrected chi connectivity index (χ3v) is 4.84. The maximum atomic E-state index is 6.40. The van der Waals surface area contributed by atoms with Crippen molar-refractivity contribution in [3.8, 4) is 0 Å². The first-order chi connectivity index (χ1) is 9.74. The molecule has 1 aliphatic rings. The Morgan fingerprint density at radius 2 is 2.15 bits per heavy atom. The molecule has 1 heterocycles. The Hall–Kier alpha value is -1.03. The van der Waals surface area contributed by atoms with Crippen LogP contribution >= 0.6 is 22.9 Å². The predicted octanol–water partition coefficient (Wildman–Crippen LogP) is 4.29. The van der Waals surface area contributed by atoms with Gasteiger partial charge in [-0.05, 0) is 36.4 Å². The minimum atomic E-state index is 0.696. The lowest BCUT2D eigenvalue weighted by atomic mass is 10.1. The normalized spacial score (nSPS) is 14.5. The molecule has 0 bridgehead atoms. The van der Waals surface area contributed by atoms with Crippen molar-refractivity contribution in [1.29, 1.82) is 0 Å². The van der Waals surface area contributed by atoms with Crippen LogP contribution in [-0.2, 0) is 13.1 Å². The molecular weight excluding hydrogens is 288 g/mol. The molecule has 0 amide bonds. The molecule has 0 radical (unpaired) electrons. The van der Waals surface area contributed by atoms with E-state index in [1.165, 1.54) is 29.0 Å². The molecule has 1 fully saturated rings. The highest BCUT2D eigenvalue weighted by atomic mass is 35.5. The van der Waals surface area contributed by atoms with Crippen molar-refractivity contribution >= 4 is 28.6 Å². The van der Waals surface area contributed by atoms with Gasteiger partial charge in [-0.3, -0.25) is 0 Å². The van der Waals surface area contributed by atoms with Gasteiger partial charge in [-0.2, -0.15) is 0 Å². The summed E-state index contributed by atoms with van der Waals surface area (Å²) in [5, 5.41) is 6.54. The fraction of sp³-hybridized carbons (Fsp3) is 0.375. The summed E-state index contributed by atoms with van der Waals surface area (Å²) < 4.78 is 0. The Labute approximate surface area is 129 Å². The quantitative estimate of drug-likeness (QED) is 0.856. The van der Waals surface area contributed by atoms with E-state index in [0.717, 1.165) is 18.1 Å². The second-order valence-electron chi connectivity index (χ2n) is 5.33. The van der Waals surface area contributed by atoms with E-state index in [2.05, 4.69) is 40.8 Å². The first-order valence-electron chi connectivity index (χ1n) is 6.98. The molecule has 3 rings (SSSR count). The van der Waals surface area contributed by atoms with Crippen LogP contribution < -0.4 is 10.2 Å². The summed E-state index contributed by atoms with van der Waals surface area (Å²) in [4.78, 5) is 3.65. The van der Waals surface area contributed by atoms with Gasteiger partial charge in [0.25, 0.3) is 0 Å². The van der Waals surface area contributed by atoms with Gasteiger partial charge in [0.2, 0.25) is 0 Å². The molecule has 1 aromatic carbocycles. The highest BCUT2D eigenvalue weighted by molar-refractivity contribution is 7.09. The molecule has 20 heavy (non-hydrogen) atoms. The van der Waals surface area contributed by atoms with Gasteiger partial charge < -0.3 is 10.2 Å². The van der Waals surface area contributed by atoms with Crippen molar-refractivity contribution in [2.75, 3.05) is 11.9 Å². The minimum absolute atomic E-state index is 0.696. The van der Waals surface area contributed by atoms with E-state index >= 15 is 0 Å². The van der Waals surface area contributed by atoms with E-state index in [0.29, 0.717) is 6.04 Å². The van der Waals surface area contributed by atoms with Gasteiger partial charge in [-0.15, -0.1) is 11.3 Å². The summed E-state index contributed by atoms with van der Waals surface area (Å²) >= 11 is 8.19. The first-order valence-corrected chi connectivity index (χ1v) is 8.24. The Kier molecular flexibility index (Phi) is 4.29. The zero-order chi connectivity index (χ0) is 13.9. The van der Waals surface area contributed by atoms with E-state index in [4.69, 9.17) is 11.6 Å². The number of nitrogens with one attached hydrogen (secondary N) is 1. The molecule has 2 nitrogen and oxygen atoms in total. The minimum Gasteiger partial charge on any atom is -0.369 e. The molecule has 0 atom stereocenters. The first kappa shape index (κ1) is 13.9. The molecule has 1 aliphatic carbocycles. The molecule has 0 unspecified atom stereocenters. The van der Waals surface area contributed by atoms with Crippen LogP contribution in [0.4, 0.5) is 5.69 Å². The third kappa shape index (κ3) is 3.35. The summed E-state index contributed by atoms with van der Waals surface area (Å²) in [7, 11) is 2.13. The molecule has 1 aromatic heterocycles. The molecule has 0 aliphatic heterocycles. The van der Waals surface area contributed by atoms with E-state index in [1.807, 2.05) is 12.1 Å². The van der Waals surface area contributed by atoms with Crippen LogP contribution in [0.5, 0.6) is 0 Å². The van der Waals surface area contributed by atoms with Gasteiger partial charge in [0.15, 0.2) is 0 Å². The molecule has 0 spiro atoms. The molecule has 106 valence electrons. The average molecular weight is 307 g/mol. The van der Waals surface area contributed by atoms with Crippen molar-refractivity contribution in [3.63, 3.8) is 0 Å². The van der Waals surface area contributed by atoms with Crippen LogP contribution in [0.25, 0.3) is 0 Å². The van der Waals surface area contributed by atoms with Gasteiger partial charge >= 0.3 is 0 Å². The van der Waals surface area contributed by atoms with E-state index in [1.54, 1.807) is 11.3 Å². The van der Waals surface area contributed by atoms with E-state index in [-0.39, 0.29) is 0 Å². The van der Waals surface area contributed by atoms with E-state index in [9.17, 15) is 0 Å². The highest BCUT2D eigenvalue weighted by Crippen LogP contribution is 2.29. The van der Waals surface area contributed by atoms with Crippen LogP contribution in [0.1, 0.15) is 23.3 Å². The number of thiophene rings is 1. The summed E-state index contributed by atoms with van der Waals surface area (Å²) in [6.45, 7) is 1.78. The predicted molar refractivity (Wildman–Crippen MR) is 87.7 cm³/mol. The number of rotatable bonds is 6. The van der Waals surface area contributed by atoms with Crippen LogP contribution in [0, 0.1) is 0 Å². The topological polar surface area (TPSA) is 15.3 Å². The number of hydrogen-bond donors (Lipinski definition) is 1. The maximum Gasteiger partial charge on any atom is 0.0519 e. The maximum absolute atomic E-state index is 6.40. The van der Waals surface area contributed by atoms with Crippen LogP contribution in [0.3, 0.4) is 0 Å². The Morgan fingerprint density at radius 3 is 2.85 bits per heavy atom.